The highest BCUT2D eigenvalue weighted by Gasteiger charge is 2.77. The van der Waals surface area contributed by atoms with Crippen molar-refractivity contribution in [3.63, 3.8) is 0 Å². The summed E-state index contributed by atoms with van der Waals surface area (Å²) in [5, 5.41) is 10.3. The number of ether oxygens (including phenoxy) is 1. The Morgan fingerprint density at radius 3 is 2.76 bits per heavy atom. The Kier molecular flexibility index (Phi) is 7.04. The third kappa shape index (κ3) is 3.57. The van der Waals surface area contributed by atoms with Crippen LogP contribution in [0, 0.1) is 17.8 Å². The second-order valence-corrected chi connectivity index (χ2v) is 11.2. The third-order valence-corrected chi connectivity index (χ3v) is 9.83. The van der Waals surface area contributed by atoms with Gasteiger partial charge in [-0.15, -0.1) is 18.3 Å². The van der Waals surface area contributed by atoms with Crippen LogP contribution in [0.15, 0.2) is 36.9 Å². The number of likely N-dealkylation sites (tertiary alicyclic amines) is 1. The standard InChI is InChI=1S/C25H31ClN2O5S/c1-5-11-27(17-10-8-7-9-16(17)26)23(31)21-25-14(3)12-18(34-25)19(24(32)33-6-2)20(25)22(30)28(21)15(4)13-29/h5,7-10,14-15,18-21,29H,1,6,11-13H2,2-4H3/t14?,15-,18-,19+,20+,21?,25?/m1/s1. The van der Waals surface area contributed by atoms with Gasteiger partial charge in [-0.2, -0.15) is 0 Å². The lowest BCUT2D eigenvalue weighted by Gasteiger charge is -2.41. The van der Waals surface area contributed by atoms with Crippen LogP contribution in [-0.2, 0) is 19.1 Å². The van der Waals surface area contributed by atoms with Crippen molar-refractivity contribution in [2.75, 3.05) is 24.7 Å². The number of benzene rings is 1. The van der Waals surface area contributed by atoms with Gasteiger partial charge in [0.25, 0.3) is 5.91 Å². The first-order valence-electron chi connectivity index (χ1n) is 11.7. The average Bonchev–Trinajstić information content (AvgIpc) is 3.41. The molecule has 1 N–H and O–H groups in total. The van der Waals surface area contributed by atoms with Crippen LogP contribution < -0.4 is 4.90 Å². The summed E-state index contributed by atoms with van der Waals surface area (Å²) in [6, 6.07) is 5.62. The fraction of sp³-hybridized carbons (Fsp3) is 0.560. The van der Waals surface area contributed by atoms with Crippen molar-refractivity contribution < 1.29 is 24.2 Å². The molecular weight excluding hydrogens is 476 g/mol. The fourth-order valence-corrected chi connectivity index (χ4v) is 8.69. The number of carbonyl (C=O) groups excluding carboxylic acids is 3. The SMILES string of the molecule is C=CCN(C(=O)C1N([C@H](C)CO)C(=O)[C@@H]2[C@@H](C(=O)OCC)[C@H]3CC(C)C12S3)c1ccccc1Cl. The van der Waals surface area contributed by atoms with Crippen molar-refractivity contribution in [2.45, 2.75) is 49.3 Å². The van der Waals surface area contributed by atoms with Gasteiger partial charge in [-0.25, -0.2) is 0 Å². The molecule has 3 saturated heterocycles. The molecule has 4 rings (SSSR count). The van der Waals surface area contributed by atoms with Crippen LogP contribution in [-0.4, -0.2) is 69.6 Å². The number of hydrogen-bond donors (Lipinski definition) is 1. The van der Waals surface area contributed by atoms with E-state index in [1.807, 2.05) is 0 Å². The Hall–Kier alpha value is -2.03. The molecule has 0 radical (unpaired) electrons. The molecule has 2 amide bonds. The molecule has 0 aliphatic carbocycles. The number of aliphatic hydroxyl groups is 1. The summed E-state index contributed by atoms with van der Waals surface area (Å²) in [7, 11) is 0. The van der Waals surface area contributed by atoms with Crippen molar-refractivity contribution in [3.8, 4) is 0 Å². The minimum absolute atomic E-state index is 0.0174. The van der Waals surface area contributed by atoms with Gasteiger partial charge in [-0.3, -0.25) is 14.4 Å². The minimum atomic E-state index is -0.854. The summed E-state index contributed by atoms with van der Waals surface area (Å²) in [6.07, 6.45) is 2.34. The van der Waals surface area contributed by atoms with E-state index in [4.69, 9.17) is 16.3 Å². The first kappa shape index (κ1) is 25.1. The molecule has 3 fully saturated rings. The second kappa shape index (κ2) is 9.55. The van der Waals surface area contributed by atoms with Gasteiger partial charge in [0.05, 0.1) is 46.5 Å². The van der Waals surface area contributed by atoms with E-state index in [2.05, 4.69) is 13.5 Å². The molecule has 0 aromatic heterocycles. The van der Waals surface area contributed by atoms with Crippen LogP contribution in [0.4, 0.5) is 5.69 Å². The molecule has 3 aliphatic rings. The van der Waals surface area contributed by atoms with Crippen LogP contribution in [0.2, 0.25) is 5.02 Å². The van der Waals surface area contributed by atoms with E-state index in [0.29, 0.717) is 10.7 Å². The predicted octanol–water partition coefficient (Wildman–Crippen LogP) is 3.14. The zero-order chi connectivity index (χ0) is 24.8. The number of para-hydroxylation sites is 1. The summed E-state index contributed by atoms with van der Waals surface area (Å²) in [6.45, 7) is 9.48. The number of rotatable bonds is 8. The largest absolute Gasteiger partial charge is 0.466 e. The highest BCUT2D eigenvalue weighted by atomic mass is 35.5. The maximum atomic E-state index is 14.4. The number of hydrogen-bond acceptors (Lipinski definition) is 6. The van der Waals surface area contributed by atoms with E-state index >= 15 is 0 Å². The number of anilines is 1. The van der Waals surface area contributed by atoms with Crippen molar-refractivity contribution in [3.05, 3.63) is 41.9 Å². The quantitative estimate of drug-likeness (QED) is 0.430. The van der Waals surface area contributed by atoms with Gasteiger partial charge in [-0.1, -0.05) is 36.7 Å². The monoisotopic (exact) mass is 506 g/mol. The zero-order valence-electron chi connectivity index (χ0n) is 19.6. The first-order valence-corrected chi connectivity index (χ1v) is 12.9. The molecule has 1 spiro atoms. The van der Waals surface area contributed by atoms with Crippen LogP contribution >= 0.6 is 23.4 Å². The lowest BCUT2D eigenvalue weighted by Crippen LogP contribution is -2.59. The van der Waals surface area contributed by atoms with Crippen molar-refractivity contribution in [2.24, 2.45) is 17.8 Å². The lowest BCUT2D eigenvalue weighted by atomic mass is 9.66. The predicted molar refractivity (Wildman–Crippen MR) is 133 cm³/mol. The highest BCUT2D eigenvalue weighted by molar-refractivity contribution is 8.02. The maximum absolute atomic E-state index is 14.4. The molecule has 1 aromatic carbocycles. The number of thioether (sulfide) groups is 1. The van der Waals surface area contributed by atoms with Crippen LogP contribution in [0.1, 0.15) is 27.2 Å². The second-order valence-electron chi connectivity index (χ2n) is 9.27. The van der Waals surface area contributed by atoms with Crippen LogP contribution in [0.3, 0.4) is 0 Å². The third-order valence-electron chi connectivity index (χ3n) is 7.44. The van der Waals surface area contributed by atoms with Gasteiger partial charge < -0.3 is 19.6 Å². The Morgan fingerprint density at radius 1 is 1.44 bits per heavy atom. The highest BCUT2D eigenvalue weighted by Crippen LogP contribution is 2.69. The number of aliphatic hydroxyl groups excluding tert-OH is 1. The number of halogens is 1. The lowest BCUT2D eigenvalue weighted by molar-refractivity contribution is -0.154. The van der Waals surface area contributed by atoms with Crippen LogP contribution in [0.5, 0.6) is 0 Å². The molecular formula is C25H31ClN2O5S. The maximum Gasteiger partial charge on any atom is 0.310 e. The van der Waals surface area contributed by atoms with E-state index in [-0.39, 0.29) is 48.7 Å². The van der Waals surface area contributed by atoms with Crippen molar-refractivity contribution in [1.29, 1.82) is 0 Å². The molecule has 3 heterocycles. The molecule has 34 heavy (non-hydrogen) atoms. The Bertz CT molecular complexity index is 1010. The molecule has 1 aromatic rings. The number of nitrogens with zero attached hydrogens (tertiary/aromatic N) is 2. The van der Waals surface area contributed by atoms with E-state index in [1.165, 1.54) is 4.90 Å². The molecule has 184 valence electrons. The summed E-state index contributed by atoms with van der Waals surface area (Å²) < 4.78 is 4.57. The normalized spacial score (nSPS) is 32.4. The molecule has 7 nitrogen and oxygen atoms in total. The molecule has 3 aliphatic heterocycles. The number of carbonyl (C=O) groups is 3. The topological polar surface area (TPSA) is 87.2 Å². The number of esters is 1. The summed E-state index contributed by atoms with van der Waals surface area (Å²) in [5.41, 5.74) is 0.533. The molecule has 3 unspecified atom stereocenters. The Morgan fingerprint density at radius 2 is 2.15 bits per heavy atom. The molecule has 7 atom stereocenters. The van der Waals surface area contributed by atoms with E-state index in [9.17, 15) is 19.5 Å². The summed E-state index contributed by atoms with van der Waals surface area (Å²) in [4.78, 5) is 44.3. The zero-order valence-corrected chi connectivity index (χ0v) is 21.2. The van der Waals surface area contributed by atoms with Crippen LogP contribution in [0.25, 0.3) is 0 Å². The molecule has 0 saturated carbocycles. The summed E-state index contributed by atoms with van der Waals surface area (Å²) in [5.74, 6) is -2.20. The van der Waals surface area contributed by atoms with Gasteiger partial charge >= 0.3 is 5.97 Å². The van der Waals surface area contributed by atoms with E-state index in [0.717, 1.165) is 6.42 Å². The van der Waals surface area contributed by atoms with Gasteiger partial charge in [0, 0.05) is 11.8 Å². The fourth-order valence-electron chi connectivity index (χ4n) is 6.06. The number of fused-ring (bicyclic) bond motifs is 1. The summed E-state index contributed by atoms with van der Waals surface area (Å²) >= 11 is 8.04. The van der Waals surface area contributed by atoms with Crippen molar-refractivity contribution >= 4 is 46.8 Å². The first-order chi connectivity index (χ1) is 16.2. The van der Waals surface area contributed by atoms with Gasteiger partial charge in [-0.05, 0) is 38.3 Å². The minimum Gasteiger partial charge on any atom is -0.466 e. The van der Waals surface area contributed by atoms with Crippen molar-refractivity contribution in [1.82, 2.24) is 4.90 Å². The van der Waals surface area contributed by atoms with Gasteiger partial charge in [0.1, 0.15) is 6.04 Å². The van der Waals surface area contributed by atoms with Gasteiger partial charge in [0.2, 0.25) is 5.91 Å². The average molecular weight is 507 g/mol. The number of amides is 2. The Labute approximate surface area is 209 Å². The smallest absolute Gasteiger partial charge is 0.310 e. The van der Waals surface area contributed by atoms with E-state index in [1.54, 1.807) is 60.9 Å². The van der Waals surface area contributed by atoms with Gasteiger partial charge in [0.15, 0.2) is 0 Å². The van der Waals surface area contributed by atoms with E-state index < -0.39 is 28.7 Å². The molecule has 2 bridgehead atoms. The molecule has 9 heteroatoms. The Balaban J connectivity index is 1.85.